The van der Waals surface area contributed by atoms with Crippen molar-refractivity contribution in [2.75, 3.05) is 18.9 Å². The molecule has 0 saturated carbocycles. The molecule has 1 rings (SSSR count). The highest BCUT2D eigenvalue weighted by Gasteiger charge is 2.30. The zero-order chi connectivity index (χ0) is 31.1. The number of alkyl carbamates (subject to hydrolysis) is 1. The number of benzene rings is 1. The van der Waals surface area contributed by atoms with Crippen LogP contribution in [0.1, 0.15) is 58.1 Å². The van der Waals surface area contributed by atoms with Gasteiger partial charge < -0.3 is 31.1 Å². The maximum Gasteiger partial charge on any atom is 0.407 e. The number of aryl methyl sites for hydroxylation is 1. The van der Waals surface area contributed by atoms with Gasteiger partial charge in [0.05, 0.1) is 6.61 Å². The molecule has 0 fully saturated rings. The number of hydrogen-bond donors (Lipinski definition) is 6. The number of amides is 4. The van der Waals surface area contributed by atoms with Crippen LogP contribution in [-0.2, 0) is 30.3 Å². The molecule has 11 nitrogen and oxygen atoms in total. The number of rotatable bonds is 17. The minimum Gasteiger partial charge on any atom is -0.481 e. The Hall–Kier alpha value is -2.99. The second-order valence-electron chi connectivity index (χ2n) is 10.7. The number of hydrogen-bond acceptors (Lipinski definition) is 7. The van der Waals surface area contributed by atoms with Crippen LogP contribution in [0.15, 0.2) is 18.2 Å². The van der Waals surface area contributed by atoms with E-state index in [0.29, 0.717) is 11.4 Å². The quantitative estimate of drug-likeness (QED) is 0.147. The van der Waals surface area contributed by atoms with Gasteiger partial charge in [0.1, 0.15) is 18.1 Å². The Morgan fingerprint density at radius 3 is 2.12 bits per heavy atom. The number of nitrogens with one attached hydrogen (secondary N) is 4. The zero-order valence-corrected chi connectivity index (χ0v) is 25.9. The Labute approximate surface area is 252 Å². The predicted octanol–water partition coefficient (Wildman–Crippen LogP) is 2.87. The zero-order valence-electron chi connectivity index (χ0n) is 24.3. The number of ether oxygens (including phenoxy) is 1. The average Bonchev–Trinajstić information content (AvgIpc) is 2.88. The number of carbonyl (C=O) groups is 5. The minimum atomic E-state index is -1.24. The summed E-state index contributed by atoms with van der Waals surface area (Å²) < 4.78 is 5.06. The van der Waals surface area contributed by atoms with E-state index in [-0.39, 0.29) is 50.0 Å². The fraction of sp³-hybridized carbons (Fsp3) is 0.607. The van der Waals surface area contributed by atoms with Crippen molar-refractivity contribution >= 4 is 54.0 Å². The summed E-state index contributed by atoms with van der Waals surface area (Å²) in [6.45, 7) is 9.73. The molecule has 1 aromatic rings. The van der Waals surface area contributed by atoms with Gasteiger partial charge in [-0.2, -0.15) is 12.6 Å². The Kier molecular flexibility index (Phi) is 16.2. The van der Waals surface area contributed by atoms with Gasteiger partial charge in [0.2, 0.25) is 17.7 Å². The van der Waals surface area contributed by atoms with Crippen LogP contribution >= 0.6 is 24.2 Å². The third kappa shape index (κ3) is 14.5. The van der Waals surface area contributed by atoms with Gasteiger partial charge in [-0.3, -0.25) is 19.2 Å². The van der Waals surface area contributed by atoms with E-state index in [0.717, 1.165) is 11.1 Å². The van der Waals surface area contributed by atoms with Crippen molar-refractivity contribution in [1.82, 2.24) is 21.3 Å². The van der Waals surface area contributed by atoms with E-state index >= 15 is 0 Å². The molecule has 0 bridgehead atoms. The fourth-order valence-corrected chi connectivity index (χ4v) is 4.29. The smallest absolute Gasteiger partial charge is 0.407 e. The first-order chi connectivity index (χ1) is 19.2. The van der Waals surface area contributed by atoms with Gasteiger partial charge in [0.15, 0.2) is 0 Å². The maximum absolute atomic E-state index is 13.2. The summed E-state index contributed by atoms with van der Waals surface area (Å²) in [6, 6.07) is 2.39. The van der Waals surface area contributed by atoms with E-state index in [1.165, 1.54) is 0 Å². The van der Waals surface area contributed by atoms with E-state index in [4.69, 9.17) is 21.4 Å². The SMILES string of the molecule is Cc1ccc(CCNC(=O)[C@H](CS)NC(=O)[C@H](CC(C)C)NC(=O)[C@H](CCC(=O)O)NC(=O)OCC(C)C)c(Cl)c1. The number of carbonyl (C=O) groups excluding carboxylic acids is 4. The molecule has 230 valence electrons. The Morgan fingerprint density at radius 2 is 1.56 bits per heavy atom. The standard InChI is InChI=1S/C28H43ClN4O7S/c1-16(2)12-22(31-26(37)21(8-9-24(34)35)33-28(39)40-14-17(3)4)27(38)32-23(15-41)25(36)30-11-10-19-7-6-18(5)13-20(19)29/h6-7,13,16-17,21-23,41H,8-12,14-15H2,1-5H3,(H,30,36)(H,31,37)(H,32,38)(H,33,39)(H,34,35)/t21-,22-,23-/m0/s1. The molecule has 0 unspecified atom stereocenters. The van der Waals surface area contributed by atoms with Crippen molar-refractivity contribution in [3.8, 4) is 0 Å². The van der Waals surface area contributed by atoms with Crippen molar-refractivity contribution < 1.29 is 33.8 Å². The molecule has 0 radical (unpaired) electrons. The summed E-state index contributed by atoms with van der Waals surface area (Å²) in [6.07, 6.45) is -0.741. The van der Waals surface area contributed by atoms with Crippen LogP contribution in [0.25, 0.3) is 0 Å². The van der Waals surface area contributed by atoms with Crippen molar-refractivity contribution in [3.05, 3.63) is 34.3 Å². The van der Waals surface area contributed by atoms with Gasteiger partial charge in [-0.25, -0.2) is 4.79 Å². The summed E-state index contributed by atoms with van der Waals surface area (Å²) in [5.41, 5.74) is 1.90. The van der Waals surface area contributed by atoms with E-state index < -0.39 is 47.9 Å². The van der Waals surface area contributed by atoms with Gasteiger partial charge >= 0.3 is 12.1 Å². The van der Waals surface area contributed by atoms with E-state index in [2.05, 4.69) is 33.9 Å². The van der Waals surface area contributed by atoms with Crippen molar-refractivity contribution in [2.45, 2.75) is 78.4 Å². The van der Waals surface area contributed by atoms with E-state index in [9.17, 15) is 24.0 Å². The van der Waals surface area contributed by atoms with Crippen molar-refractivity contribution in [1.29, 1.82) is 0 Å². The average molecular weight is 615 g/mol. The third-order valence-electron chi connectivity index (χ3n) is 5.86. The lowest BCUT2D eigenvalue weighted by Gasteiger charge is -2.25. The molecule has 0 saturated heterocycles. The molecule has 0 heterocycles. The molecule has 0 aliphatic rings. The first-order valence-electron chi connectivity index (χ1n) is 13.6. The highest BCUT2D eigenvalue weighted by molar-refractivity contribution is 7.80. The first kappa shape index (κ1) is 36.0. The van der Waals surface area contributed by atoms with Crippen LogP contribution < -0.4 is 21.3 Å². The van der Waals surface area contributed by atoms with Gasteiger partial charge in [-0.15, -0.1) is 0 Å². The van der Waals surface area contributed by atoms with Crippen molar-refractivity contribution in [2.24, 2.45) is 11.8 Å². The van der Waals surface area contributed by atoms with Gasteiger partial charge in [0.25, 0.3) is 0 Å². The maximum atomic E-state index is 13.2. The Morgan fingerprint density at radius 1 is 0.927 bits per heavy atom. The molecule has 1 aromatic carbocycles. The van der Waals surface area contributed by atoms with Crippen LogP contribution in [0.4, 0.5) is 4.79 Å². The minimum absolute atomic E-state index is 0.00961. The number of thiol groups is 1. The summed E-state index contributed by atoms with van der Waals surface area (Å²) in [4.78, 5) is 62.3. The van der Waals surface area contributed by atoms with Crippen LogP contribution in [0.5, 0.6) is 0 Å². The van der Waals surface area contributed by atoms with E-state index in [1.54, 1.807) is 0 Å². The molecular weight excluding hydrogens is 572 g/mol. The van der Waals surface area contributed by atoms with Gasteiger partial charge in [-0.1, -0.05) is 51.4 Å². The van der Waals surface area contributed by atoms with Crippen LogP contribution in [0, 0.1) is 18.8 Å². The van der Waals surface area contributed by atoms with Crippen LogP contribution in [0.2, 0.25) is 5.02 Å². The summed E-state index contributed by atoms with van der Waals surface area (Å²) in [7, 11) is 0. The molecule has 0 spiro atoms. The summed E-state index contributed by atoms with van der Waals surface area (Å²) in [5.74, 6) is -2.89. The fourth-order valence-electron chi connectivity index (χ4n) is 3.70. The summed E-state index contributed by atoms with van der Waals surface area (Å²) in [5, 5.41) is 20.1. The second kappa shape index (κ2) is 18.4. The summed E-state index contributed by atoms with van der Waals surface area (Å²) >= 11 is 10.5. The van der Waals surface area contributed by atoms with E-state index in [1.807, 2.05) is 52.8 Å². The highest BCUT2D eigenvalue weighted by Crippen LogP contribution is 2.17. The second-order valence-corrected chi connectivity index (χ2v) is 11.5. The first-order valence-corrected chi connectivity index (χ1v) is 14.6. The molecule has 13 heteroatoms. The number of halogens is 1. The third-order valence-corrected chi connectivity index (χ3v) is 6.58. The van der Waals surface area contributed by atoms with Gasteiger partial charge in [0, 0.05) is 23.7 Å². The molecule has 3 atom stereocenters. The molecule has 41 heavy (non-hydrogen) atoms. The topological polar surface area (TPSA) is 163 Å². The van der Waals surface area contributed by atoms with Gasteiger partial charge in [-0.05, 0) is 55.2 Å². The highest BCUT2D eigenvalue weighted by atomic mass is 35.5. The lowest BCUT2D eigenvalue weighted by atomic mass is 10.0. The Bertz CT molecular complexity index is 1050. The number of carboxylic acid groups (broad SMARTS) is 1. The molecule has 0 aromatic heterocycles. The largest absolute Gasteiger partial charge is 0.481 e. The lowest BCUT2D eigenvalue weighted by molar-refractivity contribution is -0.137. The number of carboxylic acids is 1. The predicted molar refractivity (Wildman–Crippen MR) is 160 cm³/mol. The van der Waals surface area contributed by atoms with Crippen LogP contribution in [-0.4, -0.2) is 71.9 Å². The Balaban J connectivity index is 2.87. The van der Waals surface area contributed by atoms with Crippen molar-refractivity contribution in [3.63, 3.8) is 0 Å². The monoisotopic (exact) mass is 614 g/mol. The number of aliphatic carboxylic acids is 1. The molecule has 5 N–H and O–H groups in total. The molecular formula is C28H43ClN4O7S. The molecule has 0 aliphatic carbocycles. The molecule has 4 amide bonds. The normalized spacial score (nSPS) is 13.2. The van der Waals surface area contributed by atoms with Crippen LogP contribution in [0.3, 0.4) is 0 Å². The molecule has 0 aliphatic heterocycles. The lowest BCUT2D eigenvalue weighted by Crippen LogP contribution is -2.57.